The number of carbonyl (C=O) groups is 1. The van der Waals surface area contributed by atoms with Crippen molar-refractivity contribution in [1.29, 1.82) is 0 Å². The molecule has 2 aromatic rings. The van der Waals surface area contributed by atoms with Gasteiger partial charge in [-0.2, -0.15) is 0 Å². The van der Waals surface area contributed by atoms with E-state index in [1.54, 1.807) is 19.1 Å². The molecule has 0 radical (unpaired) electrons. The van der Waals surface area contributed by atoms with E-state index in [-0.39, 0.29) is 17.4 Å². The molecule has 0 saturated heterocycles. The Bertz CT molecular complexity index is 929. The summed E-state index contributed by atoms with van der Waals surface area (Å²) in [5.74, 6) is -0.798. The zero-order chi connectivity index (χ0) is 19.4. The number of carbonyl (C=O) groups excluding carboxylic acids is 1. The average Bonchev–Trinajstić information content (AvgIpc) is 2.66. The molecule has 0 bridgehead atoms. The molecule has 27 heavy (non-hydrogen) atoms. The number of ether oxygens (including phenoxy) is 1. The van der Waals surface area contributed by atoms with Crippen molar-refractivity contribution in [3.05, 3.63) is 53.8 Å². The Kier molecular flexibility index (Phi) is 5.76. The highest BCUT2D eigenvalue weighted by molar-refractivity contribution is 7.92. The lowest BCUT2D eigenvalue weighted by Crippen LogP contribution is -2.35. The Hall–Kier alpha value is -2.45. The third kappa shape index (κ3) is 4.28. The van der Waals surface area contributed by atoms with Crippen LogP contribution in [0.4, 0.5) is 15.8 Å². The molecule has 0 atom stereocenters. The summed E-state index contributed by atoms with van der Waals surface area (Å²) in [6.07, 6.45) is 1.43. The zero-order valence-corrected chi connectivity index (χ0v) is 15.8. The van der Waals surface area contributed by atoms with E-state index in [1.807, 2.05) is 6.07 Å². The van der Waals surface area contributed by atoms with E-state index in [0.717, 1.165) is 24.1 Å². The van der Waals surface area contributed by atoms with E-state index in [1.165, 1.54) is 16.4 Å². The molecule has 2 aromatic carbocycles. The standard InChI is InChI=1S/C19H21FN2O4S/c1-2-26-13-19(23)21-16-8-5-14-4-3-11-22(18(14)12-16)27(24,25)17-9-6-15(20)7-10-17/h5-10,12H,2-4,11,13H2,1H3,(H,21,23). The molecule has 1 amide bonds. The van der Waals surface area contributed by atoms with Crippen molar-refractivity contribution in [2.75, 3.05) is 29.4 Å². The number of anilines is 2. The summed E-state index contributed by atoms with van der Waals surface area (Å²) in [6.45, 7) is 2.49. The molecule has 1 heterocycles. The van der Waals surface area contributed by atoms with Gasteiger partial charge < -0.3 is 10.1 Å². The third-order valence-electron chi connectivity index (χ3n) is 4.28. The minimum absolute atomic E-state index is 0.0301. The Labute approximate surface area is 158 Å². The normalized spacial score (nSPS) is 13.9. The molecule has 0 unspecified atom stereocenters. The number of amides is 1. The van der Waals surface area contributed by atoms with Crippen molar-refractivity contribution in [1.82, 2.24) is 0 Å². The van der Waals surface area contributed by atoms with E-state index in [0.29, 0.717) is 30.9 Å². The molecular weight excluding hydrogens is 371 g/mol. The van der Waals surface area contributed by atoms with Gasteiger partial charge in [-0.3, -0.25) is 9.10 Å². The predicted octanol–water partition coefficient (Wildman–Crippen LogP) is 2.94. The Balaban J connectivity index is 1.91. The van der Waals surface area contributed by atoms with E-state index in [9.17, 15) is 17.6 Å². The molecule has 8 heteroatoms. The van der Waals surface area contributed by atoms with Gasteiger partial charge in [-0.25, -0.2) is 12.8 Å². The van der Waals surface area contributed by atoms with E-state index in [2.05, 4.69) is 5.32 Å². The van der Waals surface area contributed by atoms with Crippen LogP contribution in [0.3, 0.4) is 0 Å². The average molecular weight is 392 g/mol. The summed E-state index contributed by atoms with van der Waals surface area (Å²) in [5, 5.41) is 2.71. The van der Waals surface area contributed by atoms with Gasteiger partial charge in [0.2, 0.25) is 5.91 Å². The van der Waals surface area contributed by atoms with Crippen LogP contribution in [-0.4, -0.2) is 34.1 Å². The summed E-state index contributed by atoms with van der Waals surface area (Å²) in [4.78, 5) is 11.9. The minimum Gasteiger partial charge on any atom is -0.372 e. The number of fused-ring (bicyclic) bond motifs is 1. The molecule has 1 aliphatic heterocycles. The van der Waals surface area contributed by atoms with Gasteiger partial charge in [-0.15, -0.1) is 0 Å². The SMILES string of the molecule is CCOCC(=O)Nc1ccc2c(c1)N(S(=O)(=O)c1ccc(F)cc1)CCC2. The van der Waals surface area contributed by atoms with E-state index >= 15 is 0 Å². The van der Waals surface area contributed by atoms with Crippen LogP contribution < -0.4 is 9.62 Å². The summed E-state index contributed by atoms with van der Waals surface area (Å²) in [6, 6.07) is 9.98. The molecule has 0 spiro atoms. The van der Waals surface area contributed by atoms with Gasteiger partial charge in [0.15, 0.2) is 0 Å². The minimum atomic E-state index is -3.82. The van der Waals surface area contributed by atoms with Gasteiger partial charge in [-0.1, -0.05) is 6.07 Å². The Morgan fingerprint density at radius 2 is 1.96 bits per heavy atom. The monoisotopic (exact) mass is 392 g/mol. The quantitative estimate of drug-likeness (QED) is 0.820. The lowest BCUT2D eigenvalue weighted by atomic mass is 10.0. The van der Waals surface area contributed by atoms with Crippen LogP contribution >= 0.6 is 0 Å². The molecule has 1 N–H and O–H groups in total. The second-order valence-corrected chi connectivity index (χ2v) is 8.03. The molecule has 3 rings (SSSR count). The van der Waals surface area contributed by atoms with E-state index < -0.39 is 15.8 Å². The van der Waals surface area contributed by atoms with Crippen molar-refractivity contribution in [3.8, 4) is 0 Å². The third-order valence-corrected chi connectivity index (χ3v) is 6.11. The van der Waals surface area contributed by atoms with Gasteiger partial charge in [0, 0.05) is 18.8 Å². The fourth-order valence-electron chi connectivity index (χ4n) is 2.99. The number of hydrogen-bond acceptors (Lipinski definition) is 4. The Morgan fingerprint density at radius 3 is 2.67 bits per heavy atom. The predicted molar refractivity (Wildman–Crippen MR) is 101 cm³/mol. The molecule has 0 aromatic heterocycles. The maximum Gasteiger partial charge on any atom is 0.264 e. The maximum atomic E-state index is 13.2. The highest BCUT2D eigenvalue weighted by Gasteiger charge is 2.29. The van der Waals surface area contributed by atoms with Crippen LogP contribution in [0.2, 0.25) is 0 Å². The maximum absolute atomic E-state index is 13.2. The second kappa shape index (κ2) is 8.06. The lowest BCUT2D eigenvalue weighted by Gasteiger charge is -2.31. The number of benzene rings is 2. The number of nitrogens with zero attached hydrogens (tertiary/aromatic N) is 1. The highest BCUT2D eigenvalue weighted by atomic mass is 32.2. The number of halogens is 1. The highest BCUT2D eigenvalue weighted by Crippen LogP contribution is 2.34. The summed E-state index contributed by atoms with van der Waals surface area (Å²) in [5.41, 5.74) is 1.91. The van der Waals surface area contributed by atoms with Crippen molar-refractivity contribution >= 4 is 27.3 Å². The van der Waals surface area contributed by atoms with Crippen molar-refractivity contribution in [2.45, 2.75) is 24.7 Å². The fraction of sp³-hybridized carbons (Fsp3) is 0.316. The lowest BCUT2D eigenvalue weighted by molar-refractivity contribution is -0.120. The first-order valence-corrected chi connectivity index (χ1v) is 10.1. The topological polar surface area (TPSA) is 75.7 Å². The fourth-order valence-corrected chi connectivity index (χ4v) is 4.53. The first-order valence-electron chi connectivity index (χ1n) is 8.70. The van der Waals surface area contributed by atoms with Gasteiger partial charge in [0.05, 0.1) is 10.6 Å². The first-order chi connectivity index (χ1) is 12.9. The number of aryl methyl sites for hydroxylation is 1. The van der Waals surface area contributed by atoms with Gasteiger partial charge in [-0.05, 0) is 61.7 Å². The van der Waals surface area contributed by atoms with Gasteiger partial charge >= 0.3 is 0 Å². The molecule has 144 valence electrons. The molecular formula is C19H21FN2O4S. The van der Waals surface area contributed by atoms with Crippen LogP contribution in [0.5, 0.6) is 0 Å². The van der Waals surface area contributed by atoms with Crippen LogP contribution in [0.25, 0.3) is 0 Å². The molecule has 0 saturated carbocycles. The summed E-state index contributed by atoms with van der Waals surface area (Å²) in [7, 11) is -3.82. The van der Waals surface area contributed by atoms with Crippen LogP contribution in [0, 0.1) is 5.82 Å². The van der Waals surface area contributed by atoms with Crippen molar-refractivity contribution in [3.63, 3.8) is 0 Å². The molecule has 1 aliphatic rings. The summed E-state index contributed by atoms with van der Waals surface area (Å²) >= 11 is 0. The number of hydrogen-bond donors (Lipinski definition) is 1. The molecule has 0 aliphatic carbocycles. The Morgan fingerprint density at radius 1 is 1.22 bits per heavy atom. The van der Waals surface area contributed by atoms with Crippen LogP contribution in [0.15, 0.2) is 47.4 Å². The van der Waals surface area contributed by atoms with Gasteiger partial charge in [0.1, 0.15) is 12.4 Å². The second-order valence-electron chi connectivity index (χ2n) is 6.16. The first kappa shape index (κ1) is 19.3. The van der Waals surface area contributed by atoms with Crippen molar-refractivity contribution in [2.24, 2.45) is 0 Å². The number of nitrogens with one attached hydrogen (secondary N) is 1. The van der Waals surface area contributed by atoms with E-state index in [4.69, 9.17) is 4.74 Å². The largest absolute Gasteiger partial charge is 0.372 e. The summed E-state index contributed by atoms with van der Waals surface area (Å²) < 4.78 is 45.6. The number of sulfonamides is 1. The number of rotatable bonds is 6. The molecule has 6 nitrogen and oxygen atoms in total. The van der Waals surface area contributed by atoms with Gasteiger partial charge in [0.25, 0.3) is 10.0 Å². The van der Waals surface area contributed by atoms with Crippen LogP contribution in [-0.2, 0) is 26.0 Å². The zero-order valence-electron chi connectivity index (χ0n) is 14.9. The molecule has 0 fully saturated rings. The van der Waals surface area contributed by atoms with Crippen molar-refractivity contribution < 1.29 is 22.3 Å². The smallest absolute Gasteiger partial charge is 0.264 e. The van der Waals surface area contributed by atoms with Crippen LogP contribution in [0.1, 0.15) is 18.9 Å².